The summed E-state index contributed by atoms with van der Waals surface area (Å²) < 4.78 is 11.5. The first kappa shape index (κ1) is 15.8. The molecule has 0 aromatic carbocycles. The standard InChI is InChI=1S/C16H17ClN4O2S/c17-14-4-3-12(24-14)10-20-5-7-21(8-6-20)11-15-18-16(19-23-15)13-2-1-9-22-13/h1-4,9H,5-8,10-11H2. The molecular weight excluding hydrogens is 348 g/mol. The van der Waals surface area contributed by atoms with Crippen LogP contribution in [0.25, 0.3) is 11.6 Å². The third-order valence-electron chi connectivity index (χ3n) is 4.04. The minimum Gasteiger partial charge on any atom is -0.461 e. The third-order valence-corrected chi connectivity index (χ3v) is 5.26. The number of hydrogen-bond acceptors (Lipinski definition) is 7. The van der Waals surface area contributed by atoms with Gasteiger partial charge in [0.2, 0.25) is 11.7 Å². The zero-order valence-corrected chi connectivity index (χ0v) is 14.6. The van der Waals surface area contributed by atoms with Crippen LogP contribution in [0.5, 0.6) is 0 Å². The van der Waals surface area contributed by atoms with E-state index in [1.54, 1.807) is 17.6 Å². The van der Waals surface area contributed by atoms with Gasteiger partial charge in [-0.1, -0.05) is 16.8 Å². The summed E-state index contributed by atoms with van der Waals surface area (Å²) in [7, 11) is 0. The molecule has 0 spiro atoms. The van der Waals surface area contributed by atoms with E-state index in [1.807, 2.05) is 18.2 Å². The largest absolute Gasteiger partial charge is 0.461 e. The normalized spacial score (nSPS) is 16.7. The fraction of sp³-hybridized carbons (Fsp3) is 0.375. The molecule has 8 heteroatoms. The van der Waals surface area contributed by atoms with Crippen molar-refractivity contribution in [1.82, 2.24) is 19.9 Å². The lowest BCUT2D eigenvalue weighted by Crippen LogP contribution is -2.45. The van der Waals surface area contributed by atoms with Crippen LogP contribution in [-0.2, 0) is 13.1 Å². The first-order chi connectivity index (χ1) is 11.8. The van der Waals surface area contributed by atoms with Gasteiger partial charge >= 0.3 is 0 Å². The highest BCUT2D eigenvalue weighted by atomic mass is 35.5. The molecule has 6 nitrogen and oxygen atoms in total. The predicted octanol–water partition coefficient (Wildman–Crippen LogP) is 3.36. The smallest absolute Gasteiger partial charge is 0.241 e. The molecule has 0 atom stereocenters. The molecule has 1 fully saturated rings. The van der Waals surface area contributed by atoms with E-state index in [0.29, 0.717) is 24.0 Å². The average molecular weight is 365 g/mol. The van der Waals surface area contributed by atoms with Gasteiger partial charge in [-0.2, -0.15) is 4.98 Å². The molecule has 0 bridgehead atoms. The molecule has 1 aliphatic heterocycles. The molecule has 3 aromatic rings. The molecule has 126 valence electrons. The van der Waals surface area contributed by atoms with Crippen LogP contribution < -0.4 is 0 Å². The summed E-state index contributed by atoms with van der Waals surface area (Å²) in [5, 5.41) is 3.97. The monoisotopic (exact) mass is 364 g/mol. The lowest BCUT2D eigenvalue weighted by Gasteiger charge is -2.33. The predicted molar refractivity (Wildman–Crippen MR) is 91.9 cm³/mol. The van der Waals surface area contributed by atoms with Crippen LogP contribution in [0.2, 0.25) is 4.34 Å². The molecule has 0 N–H and O–H groups in total. The maximum Gasteiger partial charge on any atom is 0.241 e. The van der Waals surface area contributed by atoms with Crippen LogP contribution in [0.1, 0.15) is 10.8 Å². The van der Waals surface area contributed by atoms with E-state index in [4.69, 9.17) is 20.5 Å². The van der Waals surface area contributed by atoms with Crippen molar-refractivity contribution in [1.29, 1.82) is 0 Å². The Balaban J connectivity index is 1.29. The Morgan fingerprint density at radius 1 is 1.08 bits per heavy atom. The van der Waals surface area contributed by atoms with Crippen LogP contribution >= 0.6 is 22.9 Å². The summed E-state index contributed by atoms with van der Waals surface area (Å²) in [5.74, 6) is 1.76. The number of piperazine rings is 1. The Morgan fingerprint density at radius 3 is 2.54 bits per heavy atom. The lowest BCUT2D eigenvalue weighted by atomic mass is 10.3. The Kier molecular flexibility index (Phi) is 4.66. The number of furan rings is 1. The number of aromatic nitrogens is 2. The van der Waals surface area contributed by atoms with Crippen molar-refractivity contribution in [2.75, 3.05) is 26.2 Å². The van der Waals surface area contributed by atoms with Crippen LogP contribution in [-0.4, -0.2) is 46.1 Å². The topological polar surface area (TPSA) is 58.5 Å². The van der Waals surface area contributed by atoms with Gasteiger partial charge in [-0.3, -0.25) is 9.80 Å². The van der Waals surface area contributed by atoms with Crippen molar-refractivity contribution < 1.29 is 8.94 Å². The minimum atomic E-state index is 0.503. The zero-order chi connectivity index (χ0) is 16.4. The average Bonchev–Trinajstić information content (AvgIpc) is 3.31. The SMILES string of the molecule is Clc1ccc(CN2CCN(Cc3nc(-c4ccco4)no3)CC2)s1. The summed E-state index contributed by atoms with van der Waals surface area (Å²) in [6.45, 7) is 5.65. The van der Waals surface area contributed by atoms with Gasteiger partial charge < -0.3 is 8.94 Å². The van der Waals surface area contributed by atoms with Gasteiger partial charge in [-0.05, 0) is 24.3 Å². The molecule has 0 amide bonds. The second kappa shape index (κ2) is 7.06. The molecule has 4 heterocycles. The number of nitrogens with zero attached hydrogens (tertiary/aromatic N) is 4. The van der Waals surface area contributed by atoms with Gasteiger partial charge in [-0.15, -0.1) is 11.3 Å². The van der Waals surface area contributed by atoms with Gasteiger partial charge in [0, 0.05) is 37.6 Å². The Morgan fingerprint density at radius 2 is 1.88 bits per heavy atom. The van der Waals surface area contributed by atoms with E-state index in [9.17, 15) is 0 Å². The van der Waals surface area contributed by atoms with Crippen molar-refractivity contribution in [3.63, 3.8) is 0 Å². The fourth-order valence-electron chi connectivity index (χ4n) is 2.78. The molecule has 1 saturated heterocycles. The van der Waals surface area contributed by atoms with Gasteiger partial charge in [0.25, 0.3) is 0 Å². The van der Waals surface area contributed by atoms with E-state index in [-0.39, 0.29) is 0 Å². The van der Waals surface area contributed by atoms with Crippen LogP contribution in [0.15, 0.2) is 39.5 Å². The van der Waals surface area contributed by atoms with Crippen molar-refractivity contribution in [2.24, 2.45) is 0 Å². The molecular formula is C16H17ClN4O2S. The molecule has 4 rings (SSSR count). The van der Waals surface area contributed by atoms with Crippen LogP contribution in [0.3, 0.4) is 0 Å². The van der Waals surface area contributed by atoms with E-state index in [2.05, 4.69) is 26.0 Å². The molecule has 1 aliphatic rings. The maximum atomic E-state index is 5.99. The van der Waals surface area contributed by atoms with Crippen molar-refractivity contribution in [3.8, 4) is 11.6 Å². The molecule has 0 radical (unpaired) electrons. The summed E-state index contributed by atoms with van der Waals surface area (Å²) in [5.41, 5.74) is 0. The minimum absolute atomic E-state index is 0.503. The van der Waals surface area contributed by atoms with Gasteiger partial charge in [0.1, 0.15) is 0 Å². The zero-order valence-electron chi connectivity index (χ0n) is 13.0. The van der Waals surface area contributed by atoms with E-state index in [1.165, 1.54) is 4.88 Å². The van der Waals surface area contributed by atoms with Gasteiger partial charge in [0.05, 0.1) is 17.1 Å². The van der Waals surface area contributed by atoms with Crippen LogP contribution in [0.4, 0.5) is 0 Å². The molecule has 0 unspecified atom stereocenters. The number of hydrogen-bond donors (Lipinski definition) is 0. The van der Waals surface area contributed by atoms with E-state index >= 15 is 0 Å². The van der Waals surface area contributed by atoms with Gasteiger partial charge in [-0.25, -0.2) is 0 Å². The van der Waals surface area contributed by atoms with E-state index < -0.39 is 0 Å². The highest BCUT2D eigenvalue weighted by Gasteiger charge is 2.20. The summed E-state index contributed by atoms with van der Waals surface area (Å²) in [6, 6.07) is 7.70. The second-order valence-corrected chi connectivity index (χ2v) is 7.55. The summed E-state index contributed by atoms with van der Waals surface area (Å²) >= 11 is 7.65. The molecule has 0 saturated carbocycles. The molecule has 24 heavy (non-hydrogen) atoms. The van der Waals surface area contributed by atoms with Crippen molar-refractivity contribution >= 4 is 22.9 Å². The van der Waals surface area contributed by atoms with Gasteiger partial charge in [0.15, 0.2) is 5.76 Å². The quantitative estimate of drug-likeness (QED) is 0.691. The van der Waals surface area contributed by atoms with Crippen molar-refractivity contribution in [2.45, 2.75) is 13.1 Å². The highest BCUT2D eigenvalue weighted by Crippen LogP contribution is 2.23. The third kappa shape index (κ3) is 3.70. The van der Waals surface area contributed by atoms with Crippen LogP contribution in [0, 0.1) is 0 Å². The Labute approximate surface area is 148 Å². The van der Waals surface area contributed by atoms with E-state index in [0.717, 1.165) is 37.1 Å². The van der Waals surface area contributed by atoms with Crippen molar-refractivity contribution in [3.05, 3.63) is 45.6 Å². The Hall–Kier alpha value is -1.67. The molecule has 3 aromatic heterocycles. The lowest BCUT2D eigenvalue weighted by molar-refractivity contribution is 0.113. The Bertz CT molecular complexity index is 778. The highest BCUT2D eigenvalue weighted by molar-refractivity contribution is 7.16. The summed E-state index contributed by atoms with van der Waals surface area (Å²) in [4.78, 5) is 10.5. The maximum absolute atomic E-state index is 5.99. The first-order valence-corrected chi connectivity index (χ1v) is 9.01. The fourth-order valence-corrected chi connectivity index (χ4v) is 3.91. The second-order valence-electron chi connectivity index (χ2n) is 5.75. The number of halogens is 1. The molecule has 0 aliphatic carbocycles. The number of rotatable bonds is 5. The first-order valence-electron chi connectivity index (χ1n) is 7.82. The number of thiophene rings is 1. The summed E-state index contributed by atoms with van der Waals surface area (Å²) in [6.07, 6.45) is 1.60.